The molecule has 0 radical (unpaired) electrons. The summed E-state index contributed by atoms with van der Waals surface area (Å²) in [5.74, 6) is 1.90. The van der Waals surface area contributed by atoms with Gasteiger partial charge in [0.05, 0.1) is 31.5 Å². The summed E-state index contributed by atoms with van der Waals surface area (Å²) in [5.41, 5.74) is 3.08. The van der Waals surface area contributed by atoms with E-state index in [1.54, 1.807) is 14.2 Å². The smallest absolute Gasteiger partial charge is 0.167 e. The minimum Gasteiger partial charge on any atom is -0.493 e. The summed E-state index contributed by atoms with van der Waals surface area (Å²) in [6.07, 6.45) is 1.03. The van der Waals surface area contributed by atoms with Crippen LogP contribution >= 0.6 is 11.6 Å². The molecule has 7 heteroatoms. The summed E-state index contributed by atoms with van der Waals surface area (Å²) in [6.45, 7) is 6.23. The van der Waals surface area contributed by atoms with Crippen LogP contribution in [0.2, 0.25) is 5.02 Å². The normalized spacial score (nSPS) is 18.9. The van der Waals surface area contributed by atoms with Crippen LogP contribution in [0.1, 0.15) is 25.0 Å². The Bertz CT molecular complexity index is 890. The van der Waals surface area contributed by atoms with Crippen molar-refractivity contribution >= 4 is 23.6 Å². The first-order valence-electron chi connectivity index (χ1n) is 10.5. The molecular formula is C24H31ClN2O4. The highest BCUT2D eigenvalue weighted by Gasteiger charge is 2.34. The number of carbonyl (C=O) groups excluding carboxylic acids is 1. The van der Waals surface area contributed by atoms with Gasteiger partial charge in [0.15, 0.2) is 24.0 Å². The van der Waals surface area contributed by atoms with Crippen molar-refractivity contribution in [2.75, 3.05) is 32.7 Å². The number of ether oxygens (including phenoxy) is 3. The van der Waals surface area contributed by atoms with Gasteiger partial charge >= 0.3 is 0 Å². The maximum atomic E-state index is 11.7. The maximum Gasteiger partial charge on any atom is 0.167 e. The number of rotatable bonds is 10. The molecular weight excluding hydrogens is 416 g/mol. The van der Waals surface area contributed by atoms with Crippen LogP contribution < -0.4 is 14.8 Å². The number of benzene rings is 2. The van der Waals surface area contributed by atoms with Gasteiger partial charge < -0.3 is 19.5 Å². The Morgan fingerprint density at radius 1 is 1.16 bits per heavy atom. The van der Waals surface area contributed by atoms with E-state index in [1.807, 2.05) is 30.3 Å². The summed E-state index contributed by atoms with van der Waals surface area (Å²) in [5, 5.41) is 4.09. The van der Waals surface area contributed by atoms with Crippen molar-refractivity contribution in [1.82, 2.24) is 4.90 Å². The van der Waals surface area contributed by atoms with Crippen LogP contribution in [0.5, 0.6) is 11.5 Å². The predicted octanol–water partition coefficient (Wildman–Crippen LogP) is 4.39. The van der Waals surface area contributed by atoms with Gasteiger partial charge in [-0.15, -0.1) is 0 Å². The van der Waals surface area contributed by atoms with E-state index in [9.17, 15) is 4.79 Å². The average Bonchev–Trinajstić information content (AvgIpc) is 3.14. The molecule has 0 amide bonds. The van der Waals surface area contributed by atoms with E-state index in [1.165, 1.54) is 0 Å². The van der Waals surface area contributed by atoms with E-state index in [0.717, 1.165) is 36.1 Å². The number of hydrogen-bond acceptors (Lipinski definition) is 6. The first-order valence-corrected chi connectivity index (χ1v) is 10.9. The minimum absolute atomic E-state index is 0.0658. The van der Waals surface area contributed by atoms with Crippen molar-refractivity contribution in [3.8, 4) is 11.5 Å². The number of methoxy groups -OCH3 is 2. The zero-order valence-electron chi connectivity index (χ0n) is 18.6. The number of aldehydes is 1. The second-order valence-corrected chi connectivity index (χ2v) is 8.58. The number of nitrogens with one attached hydrogen (secondary N) is 1. The van der Waals surface area contributed by atoms with Gasteiger partial charge in [0, 0.05) is 19.1 Å². The topological polar surface area (TPSA) is 60.0 Å². The molecule has 2 aromatic carbocycles. The second-order valence-electron chi connectivity index (χ2n) is 8.17. The van der Waals surface area contributed by atoms with Crippen molar-refractivity contribution < 1.29 is 19.0 Å². The summed E-state index contributed by atoms with van der Waals surface area (Å²) in [4.78, 5) is 13.7. The largest absolute Gasteiger partial charge is 0.493 e. The quantitative estimate of drug-likeness (QED) is 0.546. The van der Waals surface area contributed by atoms with Crippen molar-refractivity contribution in [1.29, 1.82) is 0 Å². The monoisotopic (exact) mass is 446 g/mol. The number of anilines is 1. The van der Waals surface area contributed by atoms with E-state index in [-0.39, 0.29) is 6.04 Å². The third kappa shape index (κ3) is 5.91. The number of nitrogens with zero attached hydrogens (tertiary/aromatic N) is 1. The SMILES string of the molecule is COc1ccc(C[C@H]2COC(C=O)N2Cc2ccc(Cl)c(NCC(C)C)c2)cc1OC. The Morgan fingerprint density at radius 2 is 1.90 bits per heavy atom. The van der Waals surface area contributed by atoms with E-state index in [0.29, 0.717) is 35.6 Å². The number of carbonyl (C=O) groups is 1. The Hall–Kier alpha value is -2.28. The molecule has 1 unspecified atom stereocenters. The fourth-order valence-electron chi connectivity index (χ4n) is 3.73. The third-order valence-corrected chi connectivity index (χ3v) is 5.72. The lowest BCUT2D eigenvalue weighted by molar-refractivity contribution is -0.122. The molecule has 1 heterocycles. The minimum atomic E-state index is -0.562. The molecule has 0 aliphatic carbocycles. The van der Waals surface area contributed by atoms with Gasteiger partial charge in [-0.05, 0) is 47.7 Å². The summed E-state index contributed by atoms with van der Waals surface area (Å²) in [6, 6.07) is 11.9. The Balaban J connectivity index is 1.77. The molecule has 1 aliphatic heterocycles. The predicted molar refractivity (Wildman–Crippen MR) is 123 cm³/mol. The standard InChI is InChI=1S/C24H31ClN2O4/c1-16(2)12-26-21-10-18(5-7-20(21)25)13-27-19(15-31-24(27)14-28)9-17-6-8-22(29-3)23(11-17)30-4/h5-8,10-11,14,16,19,24,26H,9,12-13,15H2,1-4H3/t19-,24?/m0/s1. The summed E-state index contributed by atoms with van der Waals surface area (Å²) >= 11 is 6.36. The van der Waals surface area contributed by atoms with Gasteiger partial charge in [-0.25, -0.2) is 0 Å². The van der Waals surface area contributed by atoms with Crippen LogP contribution in [0.15, 0.2) is 36.4 Å². The van der Waals surface area contributed by atoms with Gasteiger partial charge in [0.25, 0.3) is 0 Å². The molecule has 31 heavy (non-hydrogen) atoms. The van der Waals surface area contributed by atoms with Gasteiger partial charge in [-0.2, -0.15) is 0 Å². The van der Waals surface area contributed by atoms with Crippen LogP contribution in [-0.2, 0) is 22.5 Å². The molecule has 0 aromatic heterocycles. The first kappa shape index (κ1) is 23.4. The first-order chi connectivity index (χ1) is 14.9. The number of halogens is 1. The third-order valence-electron chi connectivity index (χ3n) is 5.39. The van der Waals surface area contributed by atoms with E-state index in [2.05, 4.69) is 30.1 Å². The molecule has 0 bridgehead atoms. The van der Waals surface area contributed by atoms with Gasteiger partial charge in [0.2, 0.25) is 0 Å². The highest BCUT2D eigenvalue weighted by atomic mass is 35.5. The molecule has 6 nitrogen and oxygen atoms in total. The molecule has 1 N–H and O–H groups in total. The summed E-state index contributed by atoms with van der Waals surface area (Å²) < 4.78 is 16.5. The lowest BCUT2D eigenvalue weighted by Crippen LogP contribution is -2.38. The molecule has 1 saturated heterocycles. The molecule has 2 atom stereocenters. The van der Waals surface area contributed by atoms with E-state index < -0.39 is 6.23 Å². The Kier molecular flexibility index (Phi) is 8.18. The summed E-state index contributed by atoms with van der Waals surface area (Å²) in [7, 11) is 3.25. The fourth-order valence-corrected chi connectivity index (χ4v) is 3.92. The van der Waals surface area contributed by atoms with Crippen LogP contribution in [-0.4, -0.2) is 50.8 Å². The molecule has 0 saturated carbocycles. The van der Waals surface area contributed by atoms with Crippen molar-refractivity contribution in [2.45, 2.75) is 39.1 Å². The number of hydrogen-bond donors (Lipinski definition) is 1. The van der Waals surface area contributed by atoms with E-state index in [4.69, 9.17) is 25.8 Å². The van der Waals surface area contributed by atoms with Crippen molar-refractivity contribution in [3.63, 3.8) is 0 Å². The van der Waals surface area contributed by atoms with E-state index >= 15 is 0 Å². The zero-order chi connectivity index (χ0) is 22.4. The highest BCUT2D eigenvalue weighted by Crippen LogP contribution is 2.31. The van der Waals surface area contributed by atoms with Crippen LogP contribution in [0, 0.1) is 5.92 Å². The van der Waals surface area contributed by atoms with Gasteiger partial charge in [-0.1, -0.05) is 37.6 Å². The molecule has 2 aromatic rings. The van der Waals surface area contributed by atoms with Gasteiger partial charge in [0.1, 0.15) is 0 Å². The fraction of sp³-hybridized carbons (Fsp3) is 0.458. The molecule has 3 rings (SSSR count). The van der Waals surface area contributed by atoms with Crippen LogP contribution in [0.25, 0.3) is 0 Å². The Morgan fingerprint density at radius 3 is 2.58 bits per heavy atom. The molecule has 1 aliphatic rings. The van der Waals surface area contributed by atoms with Crippen LogP contribution in [0.3, 0.4) is 0 Å². The molecule has 1 fully saturated rings. The van der Waals surface area contributed by atoms with Crippen LogP contribution in [0.4, 0.5) is 5.69 Å². The second kappa shape index (κ2) is 10.8. The van der Waals surface area contributed by atoms with Gasteiger partial charge in [-0.3, -0.25) is 9.69 Å². The molecule has 168 valence electrons. The average molecular weight is 447 g/mol. The van der Waals surface area contributed by atoms with Crippen molar-refractivity contribution in [2.24, 2.45) is 5.92 Å². The highest BCUT2D eigenvalue weighted by molar-refractivity contribution is 6.33. The Labute approximate surface area is 189 Å². The van der Waals surface area contributed by atoms with Crippen molar-refractivity contribution in [3.05, 3.63) is 52.5 Å². The lowest BCUT2D eigenvalue weighted by atomic mass is 10.0. The zero-order valence-corrected chi connectivity index (χ0v) is 19.3. The lowest BCUT2D eigenvalue weighted by Gasteiger charge is -2.26. The maximum absolute atomic E-state index is 11.7. The molecule has 0 spiro atoms.